The van der Waals surface area contributed by atoms with Gasteiger partial charge in [0.2, 0.25) is 11.8 Å². The van der Waals surface area contributed by atoms with Crippen LogP contribution in [-0.4, -0.2) is 45.1 Å². The molecule has 7 nitrogen and oxygen atoms in total. The van der Waals surface area contributed by atoms with Crippen LogP contribution in [0.3, 0.4) is 0 Å². The number of H-pyrrole nitrogens is 1. The fourth-order valence-corrected chi connectivity index (χ4v) is 1.20. The number of aromatic nitrogens is 3. The molecule has 0 unspecified atom stereocenters. The number of aromatic amines is 1. The maximum atomic E-state index is 11.5. The normalized spacial score (nSPS) is 17.2. The lowest BCUT2D eigenvalue weighted by atomic mass is 10.1. The number of nitrogens with one attached hydrogen (secondary N) is 1. The number of likely N-dealkylation sites (tertiary alicyclic amines) is 1. The first-order valence-electron chi connectivity index (χ1n) is 3.89. The van der Waals surface area contributed by atoms with E-state index in [-0.39, 0.29) is 23.7 Å². The Morgan fingerprint density at radius 2 is 2.31 bits per heavy atom. The molecule has 1 fully saturated rings. The van der Waals surface area contributed by atoms with Gasteiger partial charge in [-0.3, -0.25) is 9.89 Å². The number of hydrogen-bond acceptors (Lipinski definition) is 5. The maximum Gasteiger partial charge on any atom is 0.291 e. The lowest BCUT2D eigenvalue weighted by molar-refractivity contribution is 0.0596. The van der Waals surface area contributed by atoms with Crippen molar-refractivity contribution in [1.29, 1.82) is 0 Å². The van der Waals surface area contributed by atoms with Crippen LogP contribution < -0.4 is 11.5 Å². The van der Waals surface area contributed by atoms with Crippen molar-refractivity contribution in [2.45, 2.75) is 6.04 Å². The Morgan fingerprint density at radius 1 is 1.62 bits per heavy atom. The molecule has 7 heteroatoms. The summed E-state index contributed by atoms with van der Waals surface area (Å²) >= 11 is 0. The van der Waals surface area contributed by atoms with Gasteiger partial charge >= 0.3 is 0 Å². The zero-order valence-corrected chi connectivity index (χ0v) is 6.90. The second-order valence-corrected chi connectivity index (χ2v) is 3.01. The SMILES string of the molecule is Nc1n[nH]c(C(=O)N2CC(N)C2)n1. The van der Waals surface area contributed by atoms with E-state index in [2.05, 4.69) is 15.2 Å². The third kappa shape index (κ3) is 1.33. The van der Waals surface area contributed by atoms with Crippen LogP contribution in [0.15, 0.2) is 0 Å². The van der Waals surface area contributed by atoms with E-state index in [1.807, 2.05) is 0 Å². The fourth-order valence-electron chi connectivity index (χ4n) is 1.20. The number of hydrogen-bond donors (Lipinski definition) is 3. The van der Waals surface area contributed by atoms with Crippen LogP contribution in [0.25, 0.3) is 0 Å². The van der Waals surface area contributed by atoms with E-state index in [0.29, 0.717) is 13.1 Å². The first kappa shape index (κ1) is 7.99. The van der Waals surface area contributed by atoms with Crippen LogP contribution in [0.1, 0.15) is 10.6 Å². The van der Waals surface area contributed by atoms with Gasteiger partial charge in [-0.05, 0) is 0 Å². The molecule has 0 aliphatic carbocycles. The van der Waals surface area contributed by atoms with E-state index in [4.69, 9.17) is 11.5 Å². The average Bonchev–Trinajstić information content (AvgIpc) is 2.45. The van der Waals surface area contributed by atoms with E-state index >= 15 is 0 Å². The summed E-state index contributed by atoms with van der Waals surface area (Å²) in [5, 5.41) is 6.01. The smallest absolute Gasteiger partial charge is 0.291 e. The lowest BCUT2D eigenvalue weighted by Crippen LogP contribution is -2.58. The van der Waals surface area contributed by atoms with Gasteiger partial charge in [-0.2, -0.15) is 4.98 Å². The van der Waals surface area contributed by atoms with Gasteiger partial charge in [-0.25, -0.2) is 0 Å². The van der Waals surface area contributed by atoms with E-state index in [1.165, 1.54) is 0 Å². The minimum absolute atomic E-state index is 0.0770. The summed E-state index contributed by atoms with van der Waals surface area (Å²) in [5.74, 6) is 0.0449. The highest BCUT2D eigenvalue weighted by atomic mass is 16.2. The molecule has 70 valence electrons. The molecule has 1 aliphatic rings. The van der Waals surface area contributed by atoms with Crippen molar-refractivity contribution < 1.29 is 4.79 Å². The van der Waals surface area contributed by atoms with Crippen molar-refractivity contribution in [2.75, 3.05) is 18.8 Å². The molecule has 1 aromatic rings. The molecule has 0 atom stereocenters. The molecule has 0 radical (unpaired) electrons. The number of nitrogen functional groups attached to an aromatic ring is 1. The Balaban J connectivity index is 2.06. The van der Waals surface area contributed by atoms with Crippen LogP contribution >= 0.6 is 0 Å². The number of nitrogens with zero attached hydrogens (tertiary/aromatic N) is 3. The molecular formula is C6H10N6O. The molecule has 2 rings (SSSR count). The van der Waals surface area contributed by atoms with E-state index < -0.39 is 0 Å². The minimum atomic E-state index is -0.203. The molecule has 1 aromatic heterocycles. The molecule has 0 bridgehead atoms. The van der Waals surface area contributed by atoms with E-state index in [0.717, 1.165) is 0 Å². The summed E-state index contributed by atoms with van der Waals surface area (Å²) < 4.78 is 0. The minimum Gasteiger partial charge on any atom is -0.366 e. The van der Waals surface area contributed by atoms with Crippen molar-refractivity contribution in [1.82, 2.24) is 20.1 Å². The average molecular weight is 182 g/mol. The van der Waals surface area contributed by atoms with Gasteiger partial charge in [0.15, 0.2) is 0 Å². The van der Waals surface area contributed by atoms with Gasteiger partial charge in [-0.1, -0.05) is 0 Å². The Bertz CT molecular complexity index is 328. The number of carbonyl (C=O) groups is 1. The Morgan fingerprint density at radius 3 is 2.77 bits per heavy atom. The number of carbonyl (C=O) groups excluding carboxylic acids is 1. The number of amides is 1. The van der Waals surface area contributed by atoms with Crippen LogP contribution in [0.5, 0.6) is 0 Å². The largest absolute Gasteiger partial charge is 0.366 e. The summed E-state index contributed by atoms with van der Waals surface area (Å²) in [6.45, 7) is 1.14. The summed E-state index contributed by atoms with van der Waals surface area (Å²) in [5.41, 5.74) is 10.8. The summed E-state index contributed by atoms with van der Waals surface area (Å²) in [4.78, 5) is 16.8. The van der Waals surface area contributed by atoms with Crippen LogP contribution in [0, 0.1) is 0 Å². The third-order valence-corrected chi connectivity index (χ3v) is 1.90. The molecule has 0 saturated carbocycles. The van der Waals surface area contributed by atoms with Gasteiger partial charge in [0, 0.05) is 19.1 Å². The molecule has 2 heterocycles. The highest BCUT2D eigenvalue weighted by Crippen LogP contribution is 2.09. The van der Waals surface area contributed by atoms with Gasteiger partial charge in [0.05, 0.1) is 0 Å². The van der Waals surface area contributed by atoms with Crippen molar-refractivity contribution in [3.05, 3.63) is 5.82 Å². The highest BCUT2D eigenvalue weighted by molar-refractivity contribution is 5.91. The first-order valence-corrected chi connectivity index (χ1v) is 3.89. The van der Waals surface area contributed by atoms with Crippen molar-refractivity contribution in [2.24, 2.45) is 5.73 Å². The number of anilines is 1. The van der Waals surface area contributed by atoms with E-state index in [1.54, 1.807) is 4.90 Å². The van der Waals surface area contributed by atoms with Crippen LogP contribution in [0.4, 0.5) is 5.95 Å². The summed E-state index contributed by atoms with van der Waals surface area (Å²) in [7, 11) is 0. The number of rotatable bonds is 1. The topological polar surface area (TPSA) is 114 Å². The van der Waals surface area contributed by atoms with Crippen LogP contribution in [-0.2, 0) is 0 Å². The lowest BCUT2D eigenvalue weighted by Gasteiger charge is -2.35. The van der Waals surface area contributed by atoms with Crippen molar-refractivity contribution in [3.63, 3.8) is 0 Å². The predicted molar refractivity (Wildman–Crippen MR) is 44.7 cm³/mol. The zero-order chi connectivity index (χ0) is 9.42. The van der Waals surface area contributed by atoms with Gasteiger partial charge in [0.1, 0.15) is 0 Å². The Hall–Kier alpha value is -1.63. The second-order valence-electron chi connectivity index (χ2n) is 3.01. The first-order chi connectivity index (χ1) is 6.16. The van der Waals surface area contributed by atoms with Gasteiger partial charge < -0.3 is 16.4 Å². The second kappa shape index (κ2) is 2.70. The fraction of sp³-hybridized carbons (Fsp3) is 0.500. The Labute approximate surface area is 74.1 Å². The molecule has 1 aliphatic heterocycles. The van der Waals surface area contributed by atoms with E-state index in [9.17, 15) is 4.79 Å². The molecule has 0 spiro atoms. The molecule has 1 saturated heterocycles. The molecular weight excluding hydrogens is 172 g/mol. The van der Waals surface area contributed by atoms with Gasteiger partial charge in [0.25, 0.3) is 5.91 Å². The standard InChI is InChI=1S/C6H10N6O/c7-3-1-12(2-3)5(13)4-9-6(8)11-10-4/h3H,1-2,7H2,(H3,8,9,10,11). The van der Waals surface area contributed by atoms with Crippen LogP contribution in [0.2, 0.25) is 0 Å². The predicted octanol–water partition coefficient (Wildman–Crippen LogP) is -1.83. The quantitative estimate of drug-likeness (QED) is 0.472. The molecule has 13 heavy (non-hydrogen) atoms. The van der Waals surface area contributed by atoms with Gasteiger partial charge in [-0.15, -0.1) is 5.10 Å². The number of nitrogens with two attached hydrogens (primary N) is 2. The molecule has 0 aromatic carbocycles. The van der Waals surface area contributed by atoms with Crippen molar-refractivity contribution in [3.8, 4) is 0 Å². The molecule has 5 N–H and O–H groups in total. The highest BCUT2D eigenvalue weighted by Gasteiger charge is 2.29. The monoisotopic (exact) mass is 182 g/mol. The zero-order valence-electron chi connectivity index (χ0n) is 6.90. The Kier molecular flexibility index (Phi) is 1.66. The third-order valence-electron chi connectivity index (χ3n) is 1.90. The summed E-state index contributed by atoms with van der Waals surface area (Å²) in [6.07, 6.45) is 0. The van der Waals surface area contributed by atoms with Crippen molar-refractivity contribution >= 4 is 11.9 Å². The summed E-state index contributed by atoms with van der Waals surface area (Å²) in [6, 6.07) is 0.0872. The maximum absolute atomic E-state index is 11.5. The molecule has 1 amide bonds.